The normalized spacial score (nSPS) is 19.8. The minimum atomic E-state index is -0.557. The number of fused-ring (bicyclic) bond motifs is 5. The highest BCUT2D eigenvalue weighted by Gasteiger charge is 2.37. The highest BCUT2D eigenvalue weighted by molar-refractivity contribution is 6.01. The Kier molecular flexibility index (Phi) is 11.3. The number of benzene rings is 2. The van der Waals surface area contributed by atoms with Crippen LogP contribution in [0.3, 0.4) is 0 Å². The molecule has 1 aliphatic carbocycles. The van der Waals surface area contributed by atoms with Gasteiger partial charge in [0.15, 0.2) is 0 Å². The first-order valence-corrected chi connectivity index (χ1v) is 17.9. The maximum absolute atomic E-state index is 15.0. The Morgan fingerprint density at radius 1 is 1.06 bits per heavy atom. The SMILES string of the molecule is CCCN1CC(=O)N[C@@H]2CN(C(=O)CCC3CCCC3)C[C@H]2OCc2cc(F)cc(c2)Oc2cc(C(=O)N(C)Cc3ncc(C)[nH]3)cc(c2)C1=O. The summed E-state index contributed by atoms with van der Waals surface area (Å²) in [4.78, 5) is 66.6. The van der Waals surface area contributed by atoms with E-state index in [0.717, 1.165) is 25.0 Å². The van der Waals surface area contributed by atoms with Gasteiger partial charge in [-0.3, -0.25) is 19.2 Å². The van der Waals surface area contributed by atoms with Crippen molar-refractivity contribution in [2.24, 2.45) is 5.92 Å². The van der Waals surface area contributed by atoms with Crippen molar-refractivity contribution in [1.29, 1.82) is 0 Å². The van der Waals surface area contributed by atoms with Crippen LogP contribution in [0, 0.1) is 18.7 Å². The summed E-state index contributed by atoms with van der Waals surface area (Å²) in [5.74, 6) is -0.290. The fourth-order valence-corrected chi connectivity index (χ4v) is 7.27. The first-order valence-electron chi connectivity index (χ1n) is 17.9. The molecule has 1 saturated heterocycles. The van der Waals surface area contributed by atoms with Crippen molar-refractivity contribution in [1.82, 2.24) is 30.0 Å². The number of nitrogens with one attached hydrogen (secondary N) is 2. The van der Waals surface area contributed by atoms with Crippen molar-refractivity contribution in [3.63, 3.8) is 0 Å². The number of likely N-dealkylation sites (tertiary alicyclic amines) is 1. The lowest BCUT2D eigenvalue weighted by Gasteiger charge is -2.25. The summed E-state index contributed by atoms with van der Waals surface area (Å²) in [6.07, 6.45) is 7.77. The van der Waals surface area contributed by atoms with Gasteiger partial charge in [-0.05, 0) is 61.6 Å². The van der Waals surface area contributed by atoms with Gasteiger partial charge >= 0.3 is 0 Å². The number of aromatic nitrogens is 2. The Balaban J connectivity index is 1.28. The van der Waals surface area contributed by atoms with E-state index >= 15 is 0 Å². The zero-order valence-corrected chi connectivity index (χ0v) is 29.6. The third-order valence-corrected chi connectivity index (χ3v) is 9.84. The van der Waals surface area contributed by atoms with Crippen LogP contribution >= 0.6 is 0 Å². The molecule has 13 heteroatoms. The van der Waals surface area contributed by atoms with Crippen molar-refractivity contribution in [3.05, 3.63) is 76.6 Å². The fourth-order valence-electron chi connectivity index (χ4n) is 7.27. The molecular weight excluding hydrogens is 655 g/mol. The summed E-state index contributed by atoms with van der Waals surface area (Å²) in [6, 6.07) is 8.15. The van der Waals surface area contributed by atoms with Crippen LogP contribution < -0.4 is 10.1 Å². The molecule has 12 nitrogen and oxygen atoms in total. The molecule has 2 N–H and O–H groups in total. The number of aromatic amines is 1. The van der Waals surface area contributed by atoms with E-state index in [0.29, 0.717) is 36.7 Å². The van der Waals surface area contributed by atoms with Crippen LogP contribution in [-0.2, 0) is 27.5 Å². The Morgan fingerprint density at radius 3 is 2.59 bits per heavy atom. The highest BCUT2D eigenvalue weighted by Crippen LogP contribution is 2.30. The van der Waals surface area contributed by atoms with Crippen LogP contribution in [0.2, 0.25) is 0 Å². The highest BCUT2D eigenvalue weighted by atomic mass is 19.1. The lowest BCUT2D eigenvalue weighted by atomic mass is 10.0. The van der Waals surface area contributed by atoms with Crippen LogP contribution in [0.25, 0.3) is 0 Å². The molecule has 272 valence electrons. The molecule has 2 aromatic carbocycles. The number of H-pyrrole nitrogens is 1. The molecule has 0 radical (unpaired) electrons. The molecule has 4 bridgehead atoms. The van der Waals surface area contributed by atoms with E-state index in [1.165, 1.54) is 53.0 Å². The minimum absolute atomic E-state index is 0.0104. The van der Waals surface area contributed by atoms with E-state index < -0.39 is 29.8 Å². The Hall–Kier alpha value is -4.78. The number of amides is 4. The van der Waals surface area contributed by atoms with Gasteiger partial charge in [-0.1, -0.05) is 32.6 Å². The van der Waals surface area contributed by atoms with Crippen molar-refractivity contribution < 1.29 is 33.0 Å². The second kappa shape index (κ2) is 16.1. The van der Waals surface area contributed by atoms with E-state index in [9.17, 15) is 23.6 Å². The van der Waals surface area contributed by atoms with Crippen molar-refractivity contribution in [2.45, 2.75) is 84.1 Å². The number of halogens is 1. The number of nitrogens with zero attached hydrogens (tertiary/aromatic N) is 4. The number of carbonyl (C=O) groups excluding carboxylic acids is 4. The van der Waals surface area contributed by atoms with Crippen molar-refractivity contribution in [2.75, 3.05) is 33.2 Å². The first kappa shape index (κ1) is 36.0. The summed E-state index contributed by atoms with van der Waals surface area (Å²) >= 11 is 0. The quantitative estimate of drug-likeness (QED) is 0.338. The average molecular weight is 703 g/mol. The van der Waals surface area contributed by atoms with E-state index in [2.05, 4.69) is 15.3 Å². The number of imidazole rings is 1. The summed E-state index contributed by atoms with van der Waals surface area (Å²) < 4.78 is 27.3. The molecule has 51 heavy (non-hydrogen) atoms. The van der Waals surface area contributed by atoms with Crippen LogP contribution in [0.4, 0.5) is 4.39 Å². The summed E-state index contributed by atoms with van der Waals surface area (Å²) in [5, 5.41) is 3.03. The van der Waals surface area contributed by atoms with E-state index in [-0.39, 0.29) is 67.2 Å². The van der Waals surface area contributed by atoms with Gasteiger partial charge in [0.2, 0.25) is 11.8 Å². The Morgan fingerprint density at radius 2 is 1.84 bits per heavy atom. The number of ether oxygens (including phenoxy) is 2. The standard InChI is InChI=1S/C38H47FN6O6/c1-4-11-44-22-35(46)42-32-19-45(36(47)10-9-25-7-5-6-8-25)20-33(32)50-23-26-12-29(39)17-30(13-26)51-31-15-27(14-28(16-31)38(44)49)37(48)43(3)21-34-40-18-24(2)41-34/h12-18,25,32-33H,4-11,19-23H2,1-3H3,(H,40,41)(H,42,46)/t32-,33-/m1/s1. The number of rotatable bonds is 8. The van der Waals surface area contributed by atoms with Crippen molar-refractivity contribution in [3.8, 4) is 11.5 Å². The van der Waals surface area contributed by atoms with E-state index in [4.69, 9.17) is 9.47 Å². The Bertz CT molecular complexity index is 1760. The topological polar surface area (TPSA) is 137 Å². The van der Waals surface area contributed by atoms with Gasteiger partial charge in [0.05, 0.1) is 31.8 Å². The molecule has 4 amide bonds. The number of hydrogen-bond acceptors (Lipinski definition) is 7. The predicted molar refractivity (Wildman–Crippen MR) is 187 cm³/mol. The summed E-state index contributed by atoms with van der Waals surface area (Å²) in [6.45, 7) is 4.59. The number of aryl methyl sites for hydroxylation is 1. The molecule has 2 atom stereocenters. The van der Waals surface area contributed by atoms with E-state index in [1.54, 1.807) is 24.2 Å². The van der Waals surface area contributed by atoms with E-state index in [1.807, 2.05) is 13.8 Å². The minimum Gasteiger partial charge on any atom is -0.457 e. The smallest absolute Gasteiger partial charge is 0.254 e. The summed E-state index contributed by atoms with van der Waals surface area (Å²) in [7, 11) is 1.63. The molecule has 1 saturated carbocycles. The summed E-state index contributed by atoms with van der Waals surface area (Å²) in [5.41, 5.74) is 1.66. The zero-order chi connectivity index (χ0) is 36.1. The van der Waals surface area contributed by atoms with Crippen LogP contribution in [-0.4, -0.2) is 93.7 Å². The molecule has 2 fully saturated rings. The second-order valence-electron chi connectivity index (χ2n) is 14.1. The molecule has 6 rings (SSSR count). The molecule has 3 aliphatic rings. The molecular formula is C38H47FN6O6. The third-order valence-electron chi connectivity index (χ3n) is 9.84. The molecule has 3 aromatic rings. The monoisotopic (exact) mass is 702 g/mol. The zero-order valence-electron chi connectivity index (χ0n) is 29.6. The van der Waals surface area contributed by atoms with Gasteiger partial charge in [-0.15, -0.1) is 0 Å². The van der Waals surface area contributed by atoms with Gasteiger partial charge in [0.1, 0.15) is 23.1 Å². The van der Waals surface area contributed by atoms with Crippen LogP contribution in [0.1, 0.15) is 89.7 Å². The Labute approximate surface area is 297 Å². The van der Waals surface area contributed by atoms with Gasteiger partial charge in [-0.2, -0.15) is 0 Å². The largest absolute Gasteiger partial charge is 0.457 e. The van der Waals surface area contributed by atoms with Crippen LogP contribution in [0.15, 0.2) is 42.6 Å². The fraction of sp³-hybridized carbons (Fsp3) is 0.500. The second-order valence-corrected chi connectivity index (χ2v) is 14.1. The molecule has 2 aliphatic heterocycles. The number of carbonyl (C=O) groups is 4. The van der Waals surface area contributed by atoms with Gasteiger partial charge in [-0.25, -0.2) is 9.37 Å². The molecule has 3 heterocycles. The molecule has 1 aromatic heterocycles. The first-order chi connectivity index (χ1) is 24.5. The van der Waals surface area contributed by atoms with Crippen molar-refractivity contribution >= 4 is 23.6 Å². The number of hydrogen-bond donors (Lipinski definition) is 2. The maximum Gasteiger partial charge on any atom is 0.254 e. The average Bonchev–Trinajstić information content (AvgIpc) is 3.86. The molecule has 0 spiro atoms. The maximum atomic E-state index is 15.0. The predicted octanol–water partition coefficient (Wildman–Crippen LogP) is 4.97. The lowest BCUT2D eigenvalue weighted by molar-refractivity contribution is -0.131. The lowest BCUT2D eigenvalue weighted by Crippen LogP contribution is -2.49. The van der Waals surface area contributed by atoms with Gasteiger partial charge < -0.3 is 34.5 Å². The third kappa shape index (κ3) is 9.12. The molecule has 0 unspecified atom stereocenters. The van der Waals surface area contributed by atoms with Gasteiger partial charge in [0.25, 0.3) is 11.8 Å². The van der Waals surface area contributed by atoms with Crippen LogP contribution in [0.5, 0.6) is 11.5 Å². The van der Waals surface area contributed by atoms with Gasteiger partial charge in [0, 0.05) is 62.2 Å².